The number of nitrogens with two attached hydrogens (primary N) is 1. The summed E-state index contributed by atoms with van der Waals surface area (Å²) in [7, 11) is 0. The predicted octanol–water partition coefficient (Wildman–Crippen LogP) is 3.36. The van der Waals surface area contributed by atoms with Gasteiger partial charge >= 0.3 is 0 Å². The van der Waals surface area contributed by atoms with E-state index < -0.39 is 0 Å². The standard InChI is InChI=1S/C11H12Cl2N2/c1-6(14)4-7-5-8-9(12)2-3-10(13)11(8)15-7/h2-3,5-6,15H,4,14H2,1H3. The van der Waals surface area contributed by atoms with Gasteiger partial charge in [0.15, 0.2) is 0 Å². The van der Waals surface area contributed by atoms with E-state index >= 15 is 0 Å². The molecule has 3 N–H and O–H groups in total. The summed E-state index contributed by atoms with van der Waals surface area (Å²) in [6.07, 6.45) is 0.793. The number of hydrogen-bond acceptors (Lipinski definition) is 1. The van der Waals surface area contributed by atoms with Gasteiger partial charge in [0.2, 0.25) is 0 Å². The van der Waals surface area contributed by atoms with Gasteiger partial charge in [0.1, 0.15) is 0 Å². The minimum Gasteiger partial charge on any atom is -0.357 e. The molecule has 0 saturated heterocycles. The van der Waals surface area contributed by atoms with E-state index in [1.54, 1.807) is 12.1 Å². The number of rotatable bonds is 2. The average Bonchev–Trinajstić information content (AvgIpc) is 2.55. The summed E-state index contributed by atoms with van der Waals surface area (Å²) >= 11 is 12.1. The van der Waals surface area contributed by atoms with Crippen molar-refractivity contribution in [2.24, 2.45) is 5.73 Å². The van der Waals surface area contributed by atoms with Crippen LogP contribution in [0.5, 0.6) is 0 Å². The fourth-order valence-electron chi connectivity index (χ4n) is 1.66. The lowest BCUT2D eigenvalue weighted by Gasteiger charge is -2.00. The Hall–Kier alpha value is -0.700. The molecule has 15 heavy (non-hydrogen) atoms. The van der Waals surface area contributed by atoms with E-state index in [-0.39, 0.29) is 6.04 Å². The third kappa shape index (κ3) is 2.12. The van der Waals surface area contributed by atoms with E-state index in [0.717, 1.165) is 23.0 Å². The lowest BCUT2D eigenvalue weighted by Crippen LogP contribution is -2.17. The van der Waals surface area contributed by atoms with Crippen LogP contribution in [-0.2, 0) is 6.42 Å². The second-order valence-electron chi connectivity index (χ2n) is 3.79. The highest BCUT2D eigenvalue weighted by Crippen LogP contribution is 2.30. The Morgan fingerprint density at radius 3 is 2.60 bits per heavy atom. The third-order valence-electron chi connectivity index (χ3n) is 2.29. The van der Waals surface area contributed by atoms with Crippen molar-refractivity contribution in [3.63, 3.8) is 0 Å². The zero-order valence-corrected chi connectivity index (χ0v) is 9.86. The second kappa shape index (κ2) is 4.05. The Labute approximate surface area is 98.4 Å². The van der Waals surface area contributed by atoms with Crippen LogP contribution < -0.4 is 5.73 Å². The van der Waals surface area contributed by atoms with Gasteiger partial charge in [-0.3, -0.25) is 0 Å². The largest absolute Gasteiger partial charge is 0.357 e. The van der Waals surface area contributed by atoms with E-state index in [1.165, 1.54) is 0 Å². The monoisotopic (exact) mass is 242 g/mol. The van der Waals surface area contributed by atoms with Crippen LogP contribution >= 0.6 is 23.2 Å². The van der Waals surface area contributed by atoms with Gasteiger partial charge in [-0.05, 0) is 25.1 Å². The number of hydrogen-bond donors (Lipinski definition) is 2. The normalized spacial score (nSPS) is 13.3. The highest BCUT2D eigenvalue weighted by atomic mass is 35.5. The molecular formula is C11H12Cl2N2. The number of nitrogens with one attached hydrogen (secondary N) is 1. The molecule has 1 heterocycles. The van der Waals surface area contributed by atoms with E-state index in [2.05, 4.69) is 4.98 Å². The highest BCUT2D eigenvalue weighted by molar-refractivity contribution is 6.39. The molecule has 4 heteroatoms. The average molecular weight is 243 g/mol. The Balaban J connectivity index is 2.54. The first-order valence-electron chi connectivity index (χ1n) is 4.79. The van der Waals surface area contributed by atoms with Crippen molar-refractivity contribution in [2.75, 3.05) is 0 Å². The summed E-state index contributed by atoms with van der Waals surface area (Å²) < 4.78 is 0. The van der Waals surface area contributed by atoms with Crippen LogP contribution in [0.25, 0.3) is 10.9 Å². The van der Waals surface area contributed by atoms with Crippen LogP contribution in [0.4, 0.5) is 0 Å². The van der Waals surface area contributed by atoms with Crippen molar-refractivity contribution >= 4 is 34.1 Å². The van der Waals surface area contributed by atoms with E-state index in [4.69, 9.17) is 28.9 Å². The second-order valence-corrected chi connectivity index (χ2v) is 4.61. The van der Waals surface area contributed by atoms with Gasteiger partial charge in [0, 0.05) is 23.5 Å². The molecule has 1 unspecified atom stereocenters. The minimum atomic E-state index is 0.121. The first kappa shape index (κ1) is 10.8. The highest BCUT2D eigenvalue weighted by Gasteiger charge is 2.08. The van der Waals surface area contributed by atoms with Crippen LogP contribution in [0.2, 0.25) is 10.0 Å². The summed E-state index contributed by atoms with van der Waals surface area (Å²) in [4.78, 5) is 3.24. The smallest absolute Gasteiger partial charge is 0.0660 e. The maximum absolute atomic E-state index is 6.07. The molecule has 0 bridgehead atoms. The first-order chi connectivity index (χ1) is 7.08. The van der Waals surface area contributed by atoms with Crippen molar-refractivity contribution in [3.05, 3.63) is 33.9 Å². The summed E-state index contributed by atoms with van der Waals surface area (Å²) in [5, 5.41) is 2.35. The van der Waals surface area contributed by atoms with Crippen molar-refractivity contribution in [2.45, 2.75) is 19.4 Å². The van der Waals surface area contributed by atoms with Gasteiger partial charge in [-0.15, -0.1) is 0 Å². The fraction of sp³-hybridized carbons (Fsp3) is 0.273. The lowest BCUT2D eigenvalue weighted by atomic mass is 10.2. The number of halogens is 2. The fourth-order valence-corrected chi connectivity index (χ4v) is 2.09. The Morgan fingerprint density at radius 1 is 1.33 bits per heavy atom. The van der Waals surface area contributed by atoms with Gasteiger partial charge in [0.25, 0.3) is 0 Å². The predicted molar refractivity (Wildman–Crippen MR) is 65.7 cm³/mol. The van der Waals surface area contributed by atoms with Crippen LogP contribution in [0, 0.1) is 0 Å². The Kier molecular flexibility index (Phi) is 2.91. The van der Waals surface area contributed by atoms with Crippen molar-refractivity contribution in [1.29, 1.82) is 0 Å². The molecule has 0 aliphatic heterocycles. The molecule has 0 aliphatic rings. The number of aromatic amines is 1. The molecule has 0 radical (unpaired) electrons. The molecule has 0 aliphatic carbocycles. The topological polar surface area (TPSA) is 41.8 Å². The quantitative estimate of drug-likeness (QED) is 0.834. The molecule has 1 aromatic heterocycles. The molecule has 0 amide bonds. The maximum Gasteiger partial charge on any atom is 0.0660 e. The number of aromatic nitrogens is 1. The van der Waals surface area contributed by atoms with Crippen LogP contribution in [-0.4, -0.2) is 11.0 Å². The molecule has 1 atom stereocenters. The van der Waals surface area contributed by atoms with E-state index in [1.807, 2.05) is 13.0 Å². The number of fused-ring (bicyclic) bond motifs is 1. The van der Waals surface area contributed by atoms with Crippen molar-refractivity contribution in [3.8, 4) is 0 Å². The molecule has 2 aromatic rings. The van der Waals surface area contributed by atoms with Crippen LogP contribution in [0.3, 0.4) is 0 Å². The first-order valence-corrected chi connectivity index (χ1v) is 5.54. The summed E-state index contributed by atoms with van der Waals surface area (Å²) in [6, 6.07) is 5.72. The SMILES string of the molecule is CC(N)Cc1cc2c(Cl)ccc(Cl)c2[nH]1. The number of benzene rings is 1. The molecule has 2 rings (SSSR count). The van der Waals surface area contributed by atoms with Crippen LogP contribution in [0.1, 0.15) is 12.6 Å². The van der Waals surface area contributed by atoms with Crippen LogP contribution in [0.15, 0.2) is 18.2 Å². The molecule has 0 saturated carbocycles. The zero-order chi connectivity index (χ0) is 11.0. The van der Waals surface area contributed by atoms with E-state index in [9.17, 15) is 0 Å². The molecular weight excluding hydrogens is 231 g/mol. The van der Waals surface area contributed by atoms with Crippen molar-refractivity contribution in [1.82, 2.24) is 4.98 Å². The summed E-state index contributed by atoms with van der Waals surface area (Å²) in [5.41, 5.74) is 7.69. The van der Waals surface area contributed by atoms with Gasteiger partial charge in [-0.25, -0.2) is 0 Å². The van der Waals surface area contributed by atoms with Gasteiger partial charge in [-0.1, -0.05) is 23.2 Å². The van der Waals surface area contributed by atoms with Gasteiger partial charge in [-0.2, -0.15) is 0 Å². The Bertz CT molecular complexity index is 450. The molecule has 0 fully saturated rings. The van der Waals surface area contributed by atoms with Gasteiger partial charge < -0.3 is 10.7 Å². The van der Waals surface area contributed by atoms with Crippen molar-refractivity contribution < 1.29 is 0 Å². The molecule has 2 nitrogen and oxygen atoms in total. The zero-order valence-electron chi connectivity index (χ0n) is 8.35. The summed E-state index contributed by atoms with van der Waals surface area (Å²) in [5.74, 6) is 0. The van der Waals surface area contributed by atoms with E-state index in [0.29, 0.717) is 10.0 Å². The number of H-pyrrole nitrogens is 1. The maximum atomic E-state index is 6.07. The summed E-state index contributed by atoms with van der Waals surface area (Å²) in [6.45, 7) is 1.97. The third-order valence-corrected chi connectivity index (χ3v) is 2.93. The minimum absolute atomic E-state index is 0.121. The van der Waals surface area contributed by atoms with Gasteiger partial charge in [0.05, 0.1) is 15.6 Å². The molecule has 0 spiro atoms. The lowest BCUT2D eigenvalue weighted by molar-refractivity contribution is 0.727. The Morgan fingerprint density at radius 2 is 2.00 bits per heavy atom. The molecule has 1 aromatic carbocycles. The molecule has 80 valence electrons.